The monoisotopic (exact) mass is 284 g/mol. The van der Waals surface area contributed by atoms with Crippen molar-refractivity contribution >= 4 is 16.0 Å². The zero-order valence-electron chi connectivity index (χ0n) is 10.7. The number of methoxy groups -OCH3 is 1. The predicted octanol–water partition coefficient (Wildman–Crippen LogP) is 0.117. The number of sulfonamides is 1. The van der Waals surface area contributed by atoms with Crippen LogP contribution in [0.4, 0.5) is 0 Å². The zero-order valence-corrected chi connectivity index (χ0v) is 11.5. The van der Waals surface area contributed by atoms with E-state index < -0.39 is 27.2 Å². The molecule has 0 saturated heterocycles. The highest BCUT2D eigenvalue weighted by Crippen LogP contribution is 2.33. The van der Waals surface area contributed by atoms with Gasteiger partial charge in [0.1, 0.15) is 6.54 Å². The minimum absolute atomic E-state index is 0.166. The highest BCUT2D eigenvalue weighted by molar-refractivity contribution is 7.89. The van der Waals surface area contributed by atoms with Gasteiger partial charge in [0, 0.05) is 0 Å². The van der Waals surface area contributed by atoms with Gasteiger partial charge in [-0.1, -0.05) is 12.3 Å². The first-order valence-corrected chi connectivity index (χ1v) is 7.36. The van der Waals surface area contributed by atoms with Gasteiger partial charge in [0.15, 0.2) is 0 Å². The van der Waals surface area contributed by atoms with Crippen LogP contribution in [0.1, 0.15) is 19.3 Å². The van der Waals surface area contributed by atoms with Gasteiger partial charge in [-0.05, 0) is 12.8 Å². The standard InChI is InChI=1S/C12H16N2O4S/c1-3-8-14(9-7-13)19(16,17)11-6-4-5-10(11)12(15)18-2/h1,10-11H,4-6,8-9H2,2H3. The number of hydrogen-bond donors (Lipinski definition) is 0. The van der Waals surface area contributed by atoms with E-state index in [4.69, 9.17) is 11.7 Å². The third-order valence-electron chi connectivity index (χ3n) is 3.21. The Bertz CT molecular complexity index is 499. The molecule has 7 heteroatoms. The summed E-state index contributed by atoms with van der Waals surface area (Å²) in [7, 11) is -2.53. The number of terminal acetylenes is 1. The molecule has 0 amide bonds. The number of esters is 1. The van der Waals surface area contributed by atoms with Crippen molar-refractivity contribution in [3.63, 3.8) is 0 Å². The van der Waals surface area contributed by atoms with E-state index >= 15 is 0 Å². The molecular formula is C12H16N2O4S. The molecule has 0 radical (unpaired) electrons. The van der Waals surface area contributed by atoms with Crippen LogP contribution in [0.3, 0.4) is 0 Å². The highest BCUT2D eigenvalue weighted by atomic mass is 32.2. The SMILES string of the molecule is C#CCN(CC#N)S(=O)(=O)C1CCCC1C(=O)OC. The van der Waals surface area contributed by atoms with Gasteiger partial charge in [-0.25, -0.2) is 8.42 Å². The fraction of sp³-hybridized carbons (Fsp3) is 0.667. The third-order valence-corrected chi connectivity index (χ3v) is 5.52. The third kappa shape index (κ3) is 3.25. The van der Waals surface area contributed by atoms with E-state index in [9.17, 15) is 13.2 Å². The Balaban J connectivity index is 3.01. The molecule has 1 saturated carbocycles. The van der Waals surface area contributed by atoms with Gasteiger partial charge in [-0.3, -0.25) is 4.79 Å². The minimum atomic E-state index is -3.76. The number of nitriles is 1. The molecule has 0 N–H and O–H groups in total. The lowest BCUT2D eigenvalue weighted by Crippen LogP contribution is -2.42. The molecule has 0 aromatic heterocycles. The topological polar surface area (TPSA) is 87.5 Å². The fourth-order valence-electron chi connectivity index (χ4n) is 2.31. The van der Waals surface area contributed by atoms with Crippen molar-refractivity contribution in [2.24, 2.45) is 5.92 Å². The lowest BCUT2D eigenvalue weighted by Gasteiger charge is -2.24. The van der Waals surface area contributed by atoms with E-state index in [0.29, 0.717) is 19.3 Å². The maximum Gasteiger partial charge on any atom is 0.310 e. The second-order valence-electron chi connectivity index (χ2n) is 4.27. The quantitative estimate of drug-likeness (QED) is 0.406. The zero-order chi connectivity index (χ0) is 14.5. The first-order valence-electron chi connectivity index (χ1n) is 5.86. The van der Waals surface area contributed by atoms with Gasteiger partial charge < -0.3 is 4.74 Å². The average molecular weight is 284 g/mol. The number of ether oxygens (including phenoxy) is 1. The molecule has 1 rings (SSSR count). The van der Waals surface area contributed by atoms with Gasteiger partial charge in [-0.15, -0.1) is 6.42 Å². The van der Waals surface area contributed by atoms with Gasteiger partial charge in [0.25, 0.3) is 0 Å². The van der Waals surface area contributed by atoms with E-state index in [2.05, 4.69) is 10.7 Å². The van der Waals surface area contributed by atoms with Gasteiger partial charge in [-0.2, -0.15) is 9.57 Å². The molecule has 0 aromatic rings. The molecule has 1 fully saturated rings. The van der Waals surface area contributed by atoms with Crippen LogP contribution in [0.5, 0.6) is 0 Å². The van der Waals surface area contributed by atoms with Crippen LogP contribution < -0.4 is 0 Å². The number of carbonyl (C=O) groups is 1. The summed E-state index contributed by atoms with van der Waals surface area (Å²) in [5, 5.41) is 7.83. The summed E-state index contributed by atoms with van der Waals surface area (Å²) in [4.78, 5) is 11.6. The first-order chi connectivity index (χ1) is 8.98. The molecule has 0 aliphatic heterocycles. The lowest BCUT2D eigenvalue weighted by molar-refractivity contribution is -0.145. The molecular weight excluding hydrogens is 268 g/mol. The molecule has 1 aliphatic carbocycles. The Kier molecular flexibility index (Phi) is 5.34. The summed E-state index contributed by atoms with van der Waals surface area (Å²) in [5.41, 5.74) is 0. The molecule has 2 atom stereocenters. The first kappa shape index (κ1) is 15.5. The highest BCUT2D eigenvalue weighted by Gasteiger charge is 2.44. The van der Waals surface area contributed by atoms with Crippen LogP contribution in [0.2, 0.25) is 0 Å². The molecule has 0 aromatic carbocycles. The van der Waals surface area contributed by atoms with E-state index in [1.165, 1.54) is 7.11 Å². The average Bonchev–Trinajstić information content (AvgIpc) is 2.87. The van der Waals surface area contributed by atoms with E-state index in [0.717, 1.165) is 4.31 Å². The molecule has 0 heterocycles. The normalized spacial score (nSPS) is 22.7. The summed E-state index contributed by atoms with van der Waals surface area (Å²) in [5.74, 6) is 1.02. The summed E-state index contributed by atoms with van der Waals surface area (Å²) in [6.07, 6.45) is 6.62. The van der Waals surface area contributed by atoms with Crippen molar-refractivity contribution in [2.75, 3.05) is 20.2 Å². The Labute approximate surface area is 113 Å². The number of hydrogen-bond acceptors (Lipinski definition) is 5. The molecule has 0 bridgehead atoms. The maximum atomic E-state index is 12.4. The second kappa shape index (κ2) is 6.55. The van der Waals surface area contributed by atoms with Crippen molar-refractivity contribution in [3.05, 3.63) is 0 Å². The van der Waals surface area contributed by atoms with Crippen molar-refractivity contribution in [3.8, 4) is 18.4 Å². The summed E-state index contributed by atoms with van der Waals surface area (Å²) in [6.45, 7) is -0.475. The van der Waals surface area contributed by atoms with Crippen LogP contribution in [-0.4, -0.2) is 44.1 Å². The molecule has 104 valence electrons. The van der Waals surface area contributed by atoms with E-state index in [1.54, 1.807) is 6.07 Å². The summed E-state index contributed by atoms with van der Waals surface area (Å²) >= 11 is 0. The van der Waals surface area contributed by atoms with Crippen molar-refractivity contribution in [1.29, 1.82) is 5.26 Å². The minimum Gasteiger partial charge on any atom is -0.469 e. The maximum absolute atomic E-state index is 12.4. The van der Waals surface area contributed by atoms with Gasteiger partial charge in [0.2, 0.25) is 10.0 Å². The van der Waals surface area contributed by atoms with Crippen LogP contribution in [0, 0.1) is 29.6 Å². The lowest BCUT2D eigenvalue weighted by atomic mass is 10.1. The Morgan fingerprint density at radius 2 is 2.16 bits per heavy atom. The Hall–Kier alpha value is -1.57. The van der Waals surface area contributed by atoms with Crippen LogP contribution in [0.25, 0.3) is 0 Å². The van der Waals surface area contributed by atoms with Gasteiger partial charge in [0.05, 0.1) is 30.9 Å². The van der Waals surface area contributed by atoms with Crippen LogP contribution in [-0.2, 0) is 19.6 Å². The number of rotatable bonds is 5. The molecule has 2 unspecified atom stereocenters. The molecule has 6 nitrogen and oxygen atoms in total. The number of nitrogens with zero attached hydrogens (tertiary/aromatic N) is 2. The largest absolute Gasteiger partial charge is 0.469 e. The van der Waals surface area contributed by atoms with E-state index in [1.807, 2.05) is 0 Å². The smallest absolute Gasteiger partial charge is 0.310 e. The molecule has 1 aliphatic rings. The van der Waals surface area contributed by atoms with Crippen molar-refractivity contribution in [2.45, 2.75) is 24.5 Å². The van der Waals surface area contributed by atoms with Crippen molar-refractivity contribution in [1.82, 2.24) is 4.31 Å². The van der Waals surface area contributed by atoms with E-state index in [-0.39, 0.29) is 13.1 Å². The number of carbonyl (C=O) groups excluding carboxylic acids is 1. The molecule has 19 heavy (non-hydrogen) atoms. The summed E-state index contributed by atoms with van der Waals surface area (Å²) in [6, 6.07) is 1.78. The summed E-state index contributed by atoms with van der Waals surface area (Å²) < 4.78 is 30.4. The fourth-order valence-corrected chi connectivity index (χ4v) is 4.31. The second-order valence-corrected chi connectivity index (χ2v) is 6.43. The van der Waals surface area contributed by atoms with Gasteiger partial charge >= 0.3 is 5.97 Å². The molecule has 0 spiro atoms. The predicted molar refractivity (Wildman–Crippen MR) is 68.1 cm³/mol. The van der Waals surface area contributed by atoms with Crippen molar-refractivity contribution < 1.29 is 17.9 Å². The van der Waals surface area contributed by atoms with Crippen LogP contribution >= 0.6 is 0 Å². The Morgan fingerprint density at radius 1 is 1.47 bits per heavy atom. The van der Waals surface area contributed by atoms with Crippen LogP contribution in [0.15, 0.2) is 0 Å². The Morgan fingerprint density at radius 3 is 2.68 bits per heavy atom.